The van der Waals surface area contributed by atoms with Crippen LogP contribution in [0.5, 0.6) is 0 Å². The summed E-state index contributed by atoms with van der Waals surface area (Å²) in [5, 5.41) is 0.814. The molecule has 0 bridgehead atoms. The maximum absolute atomic E-state index is 12.5. The third-order valence-electron chi connectivity index (χ3n) is 4.76. The Kier molecular flexibility index (Phi) is 4.69. The second kappa shape index (κ2) is 7.45. The monoisotopic (exact) mass is 364 g/mol. The third-order valence-corrected chi connectivity index (χ3v) is 4.76. The minimum atomic E-state index is -0.347. The van der Waals surface area contributed by atoms with Crippen molar-refractivity contribution in [2.75, 3.05) is 18.0 Å². The molecule has 2 aromatic heterocycles. The molecule has 27 heavy (non-hydrogen) atoms. The minimum absolute atomic E-state index is 0.205. The Morgan fingerprint density at radius 1 is 1.11 bits per heavy atom. The fourth-order valence-electron chi connectivity index (χ4n) is 3.37. The van der Waals surface area contributed by atoms with Crippen molar-refractivity contribution >= 4 is 28.7 Å². The number of carbonyl (C=O) groups excluding carboxylic acids is 2. The van der Waals surface area contributed by atoms with Crippen molar-refractivity contribution in [3.63, 3.8) is 0 Å². The van der Waals surface area contributed by atoms with Crippen molar-refractivity contribution in [1.29, 1.82) is 0 Å². The Hall–Kier alpha value is -3.42. The number of piperidine rings is 1. The number of hydrogen-bond donors (Lipinski definition) is 3. The third kappa shape index (κ3) is 3.59. The quantitative estimate of drug-likeness (QED) is 0.613. The van der Waals surface area contributed by atoms with Gasteiger partial charge in [0, 0.05) is 42.6 Å². The van der Waals surface area contributed by atoms with Gasteiger partial charge in [0.1, 0.15) is 0 Å². The average molecular weight is 364 g/mol. The standard InChI is InChI=1S/C19H20N6O2/c26-17(13-5-3-10-25(12-13)19-20-8-4-9-21-19)23-24-18(27)15-11-22-16-7-2-1-6-14(15)16/h1-2,4,6-9,11,13,22H,3,5,10,12H2,(H,23,26)(H,24,27). The topological polar surface area (TPSA) is 103 Å². The summed E-state index contributed by atoms with van der Waals surface area (Å²) in [7, 11) is 0. The van der Waals surface area contributed by atoms with Crippen LogP contribution in [-0.2, 0) is 4.79 Å². The van der Waals surface area contributed by atoms with Gasteiger partial charge in [-0.15, -0.1) is 0 Å². The lowest BCUT2D eigenvalue weighted by molar-refractivity contribution is -0.126. The number of amides is 2. The molecular formula is C19H20N6O2. The Morgan fingerprint density at radius 3 is 2.78 bits per heavy atom. The number of para-hydroxylation sites is 1. The van der Waals surface area contributed by atoms with Crippen molar-refractivity contribution in [2.24, 2.45) is 5.92 Å². The lowest BCUT2D eigenvalue weighted by atomic mass is 9.98. The number of nitrogens with one attached hydrogen (secondary N) is 3. The van der Waals surface area contributed by atoms with Crippen LogP contribution in [0.4, 0.5) is 5.95 Å². The zero-order valence-corrected chi connectivity index (χ0v) is 14.7. The molecule has 3 N–H and O–H groups in total. The van der Waals surface area contributed by atoms with E-state index in [0.29, 0.717) is 18.1 Å². The molecule has 1 atom stereocenters. The van der Waals surface area contributed by atoms with Crippen LogP contribution in [0.3, 0.4) is 0 Å². The number of carbonyl (C=O) groups is 2. The first-order valence-electron chi connectivity index (χ1n) is 8.90. The summed E-state index contributed by atoms with van der Waals surface area (Å²) in [4.78, 5) is 38.5. The maximum Gasteiger partial charge on any atom is 0.271 e. The van der Waals surface area contributed by atoms with Crippen molar-refractivity contribution in [3.8, 4) is 0 Å². The highest BCUT2D eigenvalue weighted by atomic mass is 16.2. The largest absolute Gasteiger partial charge is 0.360 e. The van der Waals surface area contributed by atoms with Gasteiger partial charge < -0.3 is 9.88 Å². The molecule has 1 saturated heterocycles. The van der Waals surface area contributed by atoms with Gasteiger partial charge in [0.2, 0.25) is 11.9 Å². The van der Waals surface area contributed by atoms with E-state index in [1.54, 1.807) is 24.7 Å². The van der Waals surface area contributed by atoms with E-state index in [2.05, 4.69) is 25.8 Å². The van der Waals surface area contributed by atoms with E-state index >= 15 is 0 Å². The van der Waals surface area contributed by atoms with Crippen molar-refractivity contribution in [2.45, 2.75) is 12.8 Å². The van der Waals surface area contributed by atoms with E-state index in [-0.39, 0.29) is 17.7 Å². The molecule has 138 valence electrons. The van der Waals surface area contributed by atoms with Crippen LogP contribution in [-0.4, -0.2) is 39.9 Å². The van der Waals surface area contributed by atoms with Crippen LogP contribution in [0.2, 0.25) is 0 Å². The van der Waals surface area contributed by atoms with Gasteiger partial charge in [0.15, 0.2) is 0 Å². The second-order valence-corrected chi connectivity index (χ2v) is 6.53. The average Bonchev–Trinajstić information content (AvgIpc) is 3.17. The Labute approximate surface area is 156 Å². The Morgan fingerprint density at radius 2 is 1.93 bits per heavy atom. The SMILES string of the molecule is O=C(NNC(=O)C1CCCN(c2ncccn2)C1)c1c[nH]c2ccccc12. The molecule has 4 rings (SSSR count). The first kappa shape index (κ1) is 17.0. The molecular weight excluding hydrogens is 344 g/mol. The van der Waals surface area contributed by atoms with E-state index < -0.39 is 0 Å². The second-order valence-electron chi connectivity index (χ2n) is 6.53. The van der Waals surface area contributed by atoms with Gasteiger partial charge >= 0.3 is 0 Å². The molecule has 1 fully saturated rings. The molecule has 2 amide bonds. The van der Waals surface area contributed by atoms with Gasteiger partial charge in [0.25, 0.3) is 5.91 Å². The van der Waals surface area contributed by atoms with Crippen LogP contribution in [0.25, 0.3) is 10.9 Å². The van der Waals surface area contributed by atoms with Gasteiger partial charge in [-0.3, -0.25) is 20.4 Å². The van der Waals surface area contributed by atoms with E-state index in [0.717, 1.165) is 30.3 Å². The number of H-pyrrole nitrogens is 1. The van der Waals surface area contributed by atoms with Crippen LogP contribution in [0, 0.1) is 5.92 Å². The summed E-state index contributed by atoms with van der Waals surface area (Å²) < 4.78 is 0. The number of anilines is 1. The fourth-order valence-corrected chi connectivity index (χ4v) is 3.37. The molecule has 0 spiro atoms. The Bertz CT molecular complexity index is 955. The van der Waals surface area contributed by atoms with Gasteiger partial charge in [-0.2, -0.15) is 0 Å². The maximum atomic E-state index is 12.5. The molecule has 1 aliphatic rings. The zero-order valence-electron chi connectivity index (χ0n) is 14.7. The number of aromatic nitrogens is 3. The van der Waals surface area contributed by atoms with Crippen LogP contribution < -0.4 is 15.8 Å². The first-order chi connectivity index (χ1) is 13.2. The zero-order chi connectivity index (χ0) is 18.6. The van der Waals surface area contributed by atoms with Gasteiger partial charge in [-0.1, -0.05) is 18.2 Å². The number of nitrogens with zero attached hydrogens (tertiary/aromatic N) is 3. The van der Waals surface area contributed by atoms with Gasteiger partial charge in [-0.25, -0.2) is 9.97 Å². The summed E-state index contributed by atoms with van der Waals surface area (Å²) in [6.45, 7) is 1.34. The molecule has 0 aliphatic carbocycles. The highest BCUT2D eigenvalue weighted by Gasteiger charge is 2.27. The van der Waals surface area contributed by atoms with Crippen molar-refractivity contribution < 1.29 is 9.59 Å². The number of hydrazine groups is 1. The number of fused-ring (bicyclic) bond motifs is 1. The highest BCUT2D eigenvalue weighted by Crippen LogP contribution is 2.20. The Balaban J connectivity index is 1.37. The summed E-state index contributed by atoms with van der Waals surface area (Å²) >= 11 is 0. The number of benzene rings is 1. The predicted molar refractivity (Wildman–Crippen MR) is 101 cm³/mol. The van der Waals surface area contributed by atoms with Crippen LogP contribution >= 0.6 is 0 Å². The molecule has 1 aromatic carbocycles. The summed E-state index contributed by atoms with van der Waals surface area (Å²) in [5.41, 5.74) is 6.45. The smallest absolute Gasteiger partial charge is 0.271 e. The number of aromatic amines is 1. The van der Waals surface area contributed by atoms with E-state index in [4.69, 9.17) is 0 Å². The molecule has 8 heteroatoms. The van der Waals surface area contributed by atoms with Crippen molar-refractivity contribution in [3.05, 3.63) is 54.5 Å². The highest BCUT2D eigenvalue weighted by molar-refractivity contribution is 6.07. The normalized spacial score (nSPS) is 16.9. The van der Waals surface area contributed by atoms with Gasteiger partial charge in [-0.05, 0) is 25.0 Å². The lowest BCUT2D eigenvalue weighted by Crippen LogP contribution is -2.49. The predicted octanol–water partition coefficient (Wildman–Crippen LogP) is 1.64. The minimum Gasteiger partial charge on any atom is -0.360 e. The number of rotatable bonds is 3. The van der Waals surface area contributed by atoms with Crippen molar-refractivity contribution in [1.82, 2.24) is 25.8 Å². The lowest BCUT2D eigenvalue weighted by Gasteiger charge is -2.31. The fraction of sp³-hybridized carbons (Fsp3) is 0.263. The molecule has 0 saturated carbocycles. The summed E-state index contributed by atoms with van der Waals surface area (Å²) in [6.07, 6.45) is 6.65. The molecule has 1 unspecified atom stereocenters. The first-order valence-corrected chi connectivity index (χ1v) is 8.90. The van der Waals surface area contributed by atoms with E-state index in [1.807, 2.05) is 29.2 Å². The summed E-state index contributed by atoms with van der Waals surface area (Å²) in [6, 6.07) is 9.29. The molecule has 1 aliphatic heterocycles. The molecule has 3 heterocycles. The molecule has 3 aromatic rings. The summed E-state index contributed by atoms with van der Waals surface area (Å²) in [5.74, 6) is -0.160. The van der Waals surface area contributed by atoms with E-state index in [9.17, 15) is 9.59 Å². The van der Waals surface area contributed by atoms with E-state index in [1.165, 1.54) is 0 Å². The molecule has 0 radical (unpaired) electrons. The number of hydrogen-bond acceptors (Lipinski definition) is 5. The van der Waals surface area contributed by atoms with Crippen LogP contribution in [0.15, 0.2) is 48.9 Å². The molecule has 8 nitrogen and oxygen atoms in total. The van der Waals surface area contributed by atoms with Crippen LogP contribution in [0.1, 0.15) is 23.2 Å². The van der Waals surface area contributed by atoms with Gasteiger partial charge in [0.05, 0.1) is 11.5 Å².